The van der Waals surface area contributed by atoms with Crippen molar-refractivity contribution in [3.05, 3.63) is 46.2 Å². The molecule has 0 fully saturated rings. The summed E-state index contributed by atoms with van der Waals surface area (Å²) >= 11 is 1.50. The molecule has 2 aromatic rings. The highest BCUT2D eigenvalue weighted by atomic mass is 32.1. The second kappa shape index (κ2) is 7.00. The fourth-order valence-corrected chi connectivity index (χ4v) is 2.50. The van der Waals surface area contributed by atoms with Gasteiger partial charge in [-0.2, -0.15) is 0 Å². The van der Waals surface area contributed by atoms with Crippen molar-refractivity contribution in [1.29, 1.82) is 0 Å². The molecule has 0 unspecified atom stereocenters. The zero-order valence-corrected chi connectivity index (χ0v) is 11.5. The average molecular weight is 295 g/mol. The van der Waals surface area contributed by atoms with E-state index in [0.29, 0.717) is 25.2 Å². The van der Waals surface area contributed by atoms with Gasteiger partial charge in [-0.1, -0.05) is 0 Å². The Morgan fingerprint density at radius 2 is 2.05 bits per heavy atom. The van der Waals surface area contributed by atoms with Gasteiger partial charge in [0.1, 0.15) is 11.6 Å². The SMILES string of the molecule is O=C(O)CCc1cnc(CCOc2ccc(F)cc2)s1. The molecule has 1 N–H and O–H groups in total. The molecule has 0 aliphatic carbocycles. The van der Waals surface area contributed by atoms with E-state index in [2.05, 4.69) is 4.98 Å². The second-order valence-electron chi connectivity index (χ2n) is 4.17. The van der Waals surface area contributed by atoms with E-state index in [-0.39, 0.29) is 12.2 Å². The van der Waals surface area contributed by atoms with Crippen molar-refractivity contribution in [2.45, 2.75) is 19.3 Å². The smallest absolute Gasteiger partial charge is 0.303 e. The van der Waals surface area contributed by atoms with E-state index in [4.69, 9.17) is 9.84 Å². The van der Waals surface area contributed by atoms with Crippen molar-refractivity contribution in [3.8, 4) is 5.75 Å². The van der Waals surface area contributed by atoms with Gasteiger partial charge in [0, 0.05) is 17.5 Å². The summed E-state index contributed by atoms with van der Waals surface area (Å²) in [4.78, 5) is 15.7. The first-order chi connectivity index (χ1) is 9.63. The zero-order valence-electron chi connectivity index (χ0n) is 10.7. The molecule has 1 aromatic carbocycles. The predicted octanol–water partition coefficient (Wildman–Crippen LogP) is 2.92. The summed E-state index contributed by atoms with van der Waals surface area (Å²) in [6.07, 6.45) is 2.98. The summed E-state index contributed by atoms with van der Waals surface area (Å²) in [7, 11) is 0. The van der Waals surface area contributed by atoms with Gasteiger partial charge in [0.15, 0.2) is 0 Å². The number of aromatic nitrogens is 1. The Hall–Kier alpha value is -1.95. The van der Waals surface area contributed by atoms with Crippen LogP contribution in [0, 0.1) is 5.82 Å². The van der Waals surface area contributed by atoms with Crippen LogP contribution in [-0.4, -0.2) is 22.7 Å². The molecule has 0 aliphatic rings. The number of hydrogen-bond acceptors (Lipinski definition) is 4. The van der Waals surface area contributed by atoms with E-state index in [1.54, 1.807) is 18.3 Å². The van der Waals surface area contributed by atoms with E-state index >= 15 is 0 Å². The first kappa shape index (κ1) is 14.5. The Bertz CT molecular complexity index is 568. The maximum atomic E-state index is 12.7. The van der Waals surface area contributed by atoms with Crippen LogP contribution in [0.4, 0.5) is 4.39 Å². The van der Waals surface area contributed by atoms with Crippen molar-refractivity contribution >= 4 is 17.3 Å². The minimum absolute atomic E-state index is 0.119. The third-order valence-electron chi connectivity index (χ3n) is 2.58. The lowest BCUT2D eigenvalue weighted by atomic mass is 10.3. The summed E-state index contributed by atoms with van der Waals surface area (Å²) in [5, 5.41) is 9.52. The number of carbonyl (C=O) groups is 1. The van der Waals surface area contributed by atoms with Gasteiger partial charge >= 0.3 is 5.97 Å². The van der Waals surface area contributed by atoms with Gasteiger partial charge in [-0.25, -0.2) is 9.37 Å². The summed E-state index contributed by atoms with van der Waals surface area (Å²) in [6, 6.07) is 5.86. The number of aliphatic carboxylic acids is 1. The number of thiazole rings is 1. The Labute approximate surface area is 119 Å². The van der Waals surface area contributed by atoms with Crippen LogP contribution in [0.2, 0.25) is 0 Å². The van der Waals surface area contributed by atoms with Crippen molar-refractivity contribution in [2.75, 3.05) is 6.61 Å². The van der Waals surface area contributed by atoms with Gasteiger partial charge in [0.25, 0.3) is 0 Å². The molecule has 0 atom stereocenters. The number of ether oxygens (including phenoxy) is 1. The molecule has 0 radical (unpaired) electrons. The van der Waals surface area contributed by atoms with Crippen LogP contribution in [0.15, 0.2) is 30.5 Å². The number of hydrogen-bond donors (Lipinski definition) is 1. The molecule has 106 valence electrons. The van der Waals surface area contributed by atoms with Crippen LogP contribution in [0.25, 0.3) is 0 Å². The molecule has 0 saturated heterocycles. The number of carboxylic acid groups (broad SMARTS) is 1. The second-order valence-corrected chi connectivity index (χ2v) is 5.37. The summed E-state index contributed by atoms with van der Waals surface area (Å²) in [5.74, 6) is -0.478. The van der Waals surface area contributed by atoms with Crippen molar-refractivity contribution < 1.29 is 19.0 Å². The lowest BCUT2D eigenvalue weighted by molar-refractivity contribution is -0.136. The first-order valence-electron chi connectivity index (χ1n) is 6.17. The largest absolute Gasteiger partial charge is 0.493 e. The maximum absolute atomic E-state index is 12.7. The van der Waals surface area contributed by atoms with Gasteiger partial charge in [0.05, 0.1) is 18.0 Å². The van der Waals surface area contributed by atoms with Gasteiger partial charge in [-0.05, 0) is 30.7 Å². The van der Waals surface area contributed by atoms with Gasteiger partial charge < -0.3 is 9.84 Å². The highest BCUT2D eigenvalue weighted by molar-refractivity contribution is 7.11. The highest BCUT2D eigenvalue weighted by Gasteiger charge is 2.05. The van der Waals surface area contributed by atoms with E-state index in [0.717, 1.165) is 9.88 Å². The van der Waals surface area contributed by atoms with E-state index in [1.165, 1.54) is 23.5 Å². The maximum Gasteiger partial charge on any atom is 0.303 e. The number of rotatable bonds is 7. The Morgan fingerprint density at radius 3 is 2.75 bits per heavy atom. The summed E-state index contributed by atoms with van der Waals surface area (Å²) in [5.41, 5.74) is 0. The van der Waals surface area contributed by atoms with Crippen LogP contribution in [0.5, 0.6) is 5.75 Å². The molecule has 1 heterocycles. The minimum atomic E-state index is -0.806. The topological polar surface area (TPSA) is 59.4 Å². The Morgan fingerprint density at radius 1 is 1.30 bits per heavy atom. The third kappa shape index (κ3) is 4.62. The normalized spacial score (nSPS) is 10.4. The molecule has 0 bridgehead atoms. The highest BCUT2D eigenvalue weighted by Crippen LogP contribution is 2.16. The number of carboxylic acids is 1. The molecular weight excluding hydrogens is 281 g/mol. The van der Waals surface area contributed by atoms with Crippen molar-refractivity contribution in [3.63, 3.8) is 0 Å². The Kier molecular flexibility index (Phi) is 5.06. The standard InChI is InChI=1S/C14H14FNO3S/c15-10-1-3-11(4-2-10)19-8-7-13-16-9-12(20-13)5-6-14(17)18/h1-4,9H,5-8H2,(H,17,18). The van der Waals surface area contributed by atoms with E-state index in [1.807, 2.05) is 0 Å². The van der Waals surface area contributed by atoms with Crippen LogP contribution < -0.4 is 4.74 Å². The number of nitrogens with zero attached hydrogens (tertiary/aromatic N) is 1. The molecule has 1 aromatic heterocycles. The van der Waals surface area contributed by atoms with Gasteiger partial charge in [0.2, 0.25) is 0 Å². The van der Waals surface area contributed by atoms with Crippen molar-refractivity contribution in [1.82, 2.24) is 4.98 Å². The first-order valence-corrected chi connectivity index (χ1v) is 6.99. The third-order valence-corrected chi connectivity index (χ3v) is 3.70. The molecule has 4 nitrogen and oxygen atoms in total. The lowest BCUT2D eigenvalue weighted by Crippen LogP contribution is -2.00. The average Bonchev–Trinajstić information content (AvgIpc) is 2.87. The molecule has 0 amide bonds. The predicted molar refractivity (Wildman–Crippen MR) is 73.7 cm³/mol. The van der Waals surface area contributed by atoms with Crippen LogP contribution in [0.3, 0.4) is 0 Å². The number of aryl methyl sites for hydroxylation is 1. The molecule has 2 rings (SSSR count). The Balaban J connectivity index is 1.76. The van der Waals surface area contributed by atoms with Gasteiger partial charge in [-0.15, -0.1) is 11.3 Å². The van der Waals surface area contributed by atoms with Crippen LogP contribution >= 0.6 is 11.3 Å². The molecule has 6 heteroatoms. The molecule has 0 saturated carbocycles. The summed E-state index contributed by atoms with van der Waals surface area (Å²) < 4.78 is 18.2. The molecular formula is C14H14FNO3S. The van der Waals surface area contributed by atoms with Crippen LogP contribution in [-0.2, 0) is 17.6 Å². The zero-order chi connectivity index (χ0) is 14.4. The number of benzene rings is 1. The molecule has 0 spiro atoms. The fourth-order valence-electron chi connectivity index (χ4n) is 1.60. The monoisotopic (exact) mass is 295 g/mol. The van der Waals surface area contributed by atoms with E-state index in [9.17, 15) is 9.18 Å². The van der Waals surface area contributed by atoms with Crippen molar-refractivity contribution in [2.24, 2.45) is 0 Å². The quantitative estimate of drug-likeness (QED) is 0.853. The van der Waals surface area contributed by atoms with E-state index < -0.39 is 5.97 Å². The number of halogens is 1. The van der Waals surface area contributed by atoms with Gasteiger partial charge in [-0.3, -0.25) is 4.79 Å². The lowest BCUT2D eigenvalue weighted by Gasteiger charge is -2.04. The molecule has 20 heavy (non-hydrogen) atoms. The molecule has 0 aliphatic heterocycles. The minimum Gasteiger partial charge on any atom is -0.493 e. The summed E-state index contributed by atoms with van der Waals surface area (Å²) in [6.45, 7) is 0.456. The fraction of sp³-hybridized carbons (Fsp3) is 0.286. The van der Waals surface area contributed by atoms with Crippen LogP contribution in [0.1, 0.15) is 16.3 Å².